The molecule has 1 aromatic rings. The zero-order valence-corrected chi connectivity index (χ0v) is 7.90. The van der Waals surface area contributed by atoms with Crippen LogP contribution in [-0.4, -0.2) is 24.8 Å². The van der Waals surface area contributed by atoms with E-state index in [0.29, 0.717) is 12.5 Å². The number of hydrogen-bond acceptors (Lipinski definition) is 2. The summed E-state index contributed by atoms with van der Waals surface area (Å²) in [5.41, 5.74) is 2.57. The third-order valence-corrected chi connectivity index (χ3v) is 2.61. The van der Waals surface area contributed by atoms with Crippen molar-refractivity contribution in [2.45, 2.75) is 6.92 Å². The first-order valence-corrected chi connectivity index (χ1v) is 4.72. The Morgan fingerprint density at radius 1 is 1.31 bits per heavy atom. The summed E-state index contributed by atoms with van der Waals surface area (Å²) in [4.78, 5) is 2.29. The van der Waals surface area contributed by atoms with E-state index in [1.165, 1.54) is 11.3 Å². The summed E-state index contributed by atoms with van der Waals surface area (Å²) in [6.45, 7) is 4.41. The van der Waals surface area contributed by atoms with Crippen molar-refractivity contribution in [3.8, 4) is 0 Å². The molecule has 1 aliphatic heterocycles. The summed E-state index contributed by atoms with van der Waals surface area (Å²) in [7, 11) is 0. The van der Waals surface area contributed by atoms with Crippen LogP contribution < -0.4 is 4.90 Å². The molecule has 1 heterocycles. The highest BCUT2D eigenvalue weighted by Gasteiger charge is 2.25. The summed E-state index contributed by atoms with van der Waals surface area (Å²) in [5.74, 6) is 0.487. The molecule has 1 aromatic carbocycles. The molecule has 0 spiro atoms. The maximum absolute atomic E-state index is 8.87. The van der Waals surface area contributed by atoms with Gasteiger partial charge in [-0.15, -0.1) is 0 Å². The van der Waals surface area contributed by atoms with Crippen LogP contribution in [0.25, 0.3) is 0 Å². The fourth-order valence-corrected chi connectivity index (χ4v) is 1.65. The number of aliphatic hydroxyl groups excluding tert-OH is 1. The molecule has 1 saturated heterocycles. The van der Waals surface area contributed by atoms with Crippen molar-refractivity contribution >= 4 is 5.69 Å². The Hall–Kier alpha value is -1.02. The first kappa shape index (κ1) is 8.57. The molecule has 2 nitrogen and oxygen atoms in total. The highest BCUT2D eigenvalue weighted by molar-refractivity contribution is 5.49. The van der Waals surface area contributed by atoms with Gasteiger partial charge in [-0.25, -0.2) is 0 Å². The maximum atomic E-state index is 8.87. The lowest BCUT2D eigenvalue weighted by atomic mass is 10.0. The normalized spacial score (nSPS) is 17.2. The van der Waals surface area contributed by atoms with Crippen molar-refractivity contribution in [3.05, 3.63) is 29.8 Å². The molecule has 0 aliphatic carbocycles. The van der Waals surface area contributed by atoms with Gasteiger partial charge < -0.3 is 10.0 Å². The van der Waals surface area contributed by atoms with Gasteiger partial charge in [0.2, 0.25) is 0 Å². The lowest BCUT2D eigenvalue weighted by Crippen LogP contribution is -2.48. The minimum Gasteiger partial charge on any atom is -0.396 e. The SMILES string of the molecule is Cc1ccc(N2CC(CO)C2)cc1. The van der Waals surface area contributed by atoms with Crippen molar-refractivity contribution in [1.29, 1.82) is 0 Å². The lowest BCUT2D eigenvalue weighted by molar-refractivity contribution is 0.201. The number of benzene rings is 1. The highest BCUT2D eigenvalue weighted by Crippen LogP contribution is 2.24. The quantitative estimate of drug-likeness (QED) is 0.738. The van der Waals surface area contributed by atoms with Crippen molar-refractivity contribution in [1.82, 2.24) is 0 Å². The molecule has 0 amide bonds. The minimum absolute atomic E-state index is 0.322. The molecule has 13 heavy (non-hydrogen) atoms. The fourth-order valence-electron chi connectivity index (χ4n) is 1.65. The monoisotopic (exact) mass is 177 g/mol. The molecule has 1 fully saturated rings. The molecule has 1 N–H and O–H groups in total. The van der Waals surface area contributed by atoms with Crippen LogP contribution in [0.3, 0.4) is 0 Å². The number of aliphatic hydroxyl groups is 1. The van der Waals surface area contributed by atoms with E-state index in [4.69, 9.17) is 5.11 Å². The topological polar surface area (TPSA) is 23.5 Å². The summed E-state index contributed by atoms with van der Waals surface area (Å²) in [5, 5.41) is 8.87. The van der Waals surface area contributed by atoms with Gasteiger partial charge in [0, 0.05) is 31.3 Å². The van der Waals surface area contributed by atoms with E-state index in [-0.39, 0.29) is 0 Å². The van der Waals surface area contributed by atoms with Crippen LogP contribution in [0.2, 0.25) is 0 Å². The van der Waals surface area contributed by atoms with E-state index in [9.17, 15) is 0 Å². The smallest absolute Gasteiger partial charge is 0.0493 e. The van der Waals surface area contributed by atoms with Gasteiger partial charge in [0.1, 0.15) is 0 Å². The fraction of sp³-hybridized carbons (Fsp3) is 0.455. The molecule has 2 rings (SSSR count). The van der Waals surface area contributed by atoms with Crippen LogP contribution in [0.4, 0.5) is 5.69 Å². The van der Waals surface area contributed by atoms with Crippen molar-refractivity contribution in [2.75, 3.05) is 24.6 Å². The van der Waals surface area contributed by atoms with E-state index in [2.05, 4.69) is 36.1 Å². The predicted octanol–water partition coefficient (Wildman–Crippen LogP) is 1.42. The van der Waals surface area contributed by atoms with Gasteiger partial charge in [-0.1, -0.05) is 17.7 Å². The van der Waals surface area contributed by atoms with Crippen LogP contribution >= 0.6 is 0 Å². The Bertz CT molecular complexity index is 275. The zero-order chi connectivity index (χ0) is 9.26. The molecule has 0 bridgehead atoms. The second-order valence-electron chi connectivity index (χ2n) is 3.79. The Balaban J connectivity index is 1.99. The molecule has 0 aromatic heterocycles. The van der Waals surface area contributed by atoms with Gasteiger partial charge >= 0.3 is 0 Å². The Morgan fingerprint density at radius 2 is 1.92 bits per heavy atom. The third kappa shape index (κ3) is 1.68. The maximum Gasteiger partial charge on any atom is 0.0493 e. The van der Waals surface area contributed by atoms with Gasteiger partial charge in [0.25, 0.3) is 0 Å². The summed E-state index contributed by atoms with van der Waals surface area (Å²) in [6, 6.07) is 8.54. The Morgan fingerprint density at radius 3 is 2.46 bits per heavy atom. The van der Waals surface area contributed by atoms with Crippen LogP contribution in [0.5, 0.6) is 0 Å². The molecule has 0 saturated carbocycles. The summed E-state index contributed by atoms with van der Waals surface area (Å²) < 4.78 is 0. The Kier molecular flexibility index (Phi) is 2.23. The first-order valence-electron chi connectivity index (χ1n) is 4.72. The van der Waals surface area contributed by atoms with Gasteiger partial charge in [-0.3, -0.25) is 0 Å². The molecule has 0 radical (unpaired) electrons. The zero-order valence-electron chi connectivity index (χ0n) is 7.90. The number of aryl methyl sites for hydroxylation is 1. The first-order chi connectivity index (χ1) is 6.29. The van der Waals surface area contributed by atoms with E-state index in [0.717, 1.165) is 13.1 Å². The molecular formula is C11H15NO. The average molecular weight is 177 g/mol. The Labute approximate surface area is 78.8 Å². The van der Waals surface area contributed by atoms with E-state index >= 15 is 0 Å². The highest BCUT2D eigenvalue weighted by atomic mass is 16.3. The predicted molar refractivity (Wildman–Crippen MR) is 54.0 cm³/mol. The second-order valence-corrected chi connectivity index (χ2v) is 3.79. The van der Waals surface area contributed by atoms with Crippen LogP contribution in [0.1, 0.15) is 5.56 Å². The summed E-state index contributed by atoms with van der Waals surface area (Å²) >= 11 is 0. The lowest BCUT2D eigenvalue weighted by Gasteiger charge is -2.40. The molecule has 0 unspecified atom stereocenters. The van der Waals surface area contributed by atoms with Crippen LogP contribution in [0.15, 0.2) is 24.3 Å². The van der Waals surface area contributed by atoms with Crippen molar-refractivity contribution in [3.63, 3.8) is 0 Å². The van der Waals surface area contributed by atoms with E-state index in [1.54, 1.807) is 0 Å². The standard InChI is InChI=1S/C11H15NO/c1-9-2-4-11(5-3-9)12-6-10(7-12)8-13/h2-5,10,13H,6-8H2,1H3. The van der Waals surface area contributed by atoms with E-state index < -0.39 is 0 Å². The van der Waals surface area contributed by atoms with Crippen molar-refractivity contribution in [2.24, 2.45) is 5.92 Å². The van der Waals surface area contributed by atoms with E-state index in [1.807, 2.05) is 0 Å². The number of hydrogen-bond donors (Lipinski definition) is 1. The average Bonchev–Trinajstić information content (AvgIpc) is 2.06. The second kappa shape index (κ2) is 3.38. The van der Waals surface area contributed by atoms with Crippen LogP contribution in [0, 0.1) is 12.8 Å². The third-order valence-electron chi connectivity index (χ3n) is 2.61. The summed E-state index contributed by atoms with van der Waals surface area (Å²) in [6.07, 6.45) is 0. The van der Waals surface area contributed by atoms with Gasteiger partial charge in [-0.2, -0.15) is 0 Å². The minimum atomic E-state index is 0.322. The molecular weight excluding hydrogens is 162 g/mol. The molecule has 2 heteroatoms. The van der Waals surface area contributed by atoms with Crippen LogP contribution in [-0.2, 0) is 0 Å². The van der Waals surface area contributed by atoms with Gasteiger partial charge in [0.05, 0.1) is 0 Å². The number of anilines is 1. The van der Waals surface area contributed by atoms with Crippen molar-refractivity contribution < 1.29 is 5.11 Å². The number of nitrogens with zero attached hydrogens (tertiary/aromatic N) is 1. The van der Waals surface area contributed by atoms with Gasteiger partial charge in [-0.05, 0) is 19.1 Å². The van der Waals surface area contributed by atoms with Gasteiger partial charge in [0.15, 0.2) is 0 Å². The molecule has 0 atom stereocenters. The number of rotatable bonds is 2. The largest absolute Gasteiger partial charge is 0.396 e. The molecule has 70 valence electrons. The molecule has 1 aliphatic rings.